The zero-order valence-electron chi connectivity index (χ0n) is 11.9. The standard InChI is InChI=1S/C16H14F2N2O2/c1-22-15(21)13-9-19-12(7-11-8-16(11,17)18)14(20-13)10-5-3-2-4-6-10/h2-6,9,11H,7-8H2,1H3. The van der Waals surface area contributed by atoms with Crippen molar-refractivity contribution in [2.24, 2.45) is 5.92 Å². The number of benzene rings is 1. The topological polar surface area (TPSA) is 52.1 Å². The van der Waals surface area contributed by atoms with Gasteiger partial charge >= 0.3 is 5.97 Å². The number of rotatable bonds is 4. The van der Waals surface area contributed by atoms with Gasteiger partial charge in [0.15, 0.2) is 5.69 Å². The highest BCUT2D eigenvalue weighted by Gasteiger charge is 2.56. The summed E-state index contributed by atoms with van der Waals surface area (Å²) in [5.41, 5.74) is 1.72. The van der Waals surface area contributed by atoms with Gasteiger partial charge in [0, 0.05) is 24.3 Å². The van der Waals surface area contributed by atoms with Crippen molar-refractivity contribution in [1.29, 1.82) is 0 Å². The van der Waals surface area contributed by atoms with Gasteiger partial charge in [-0.05, 0) is 0 Å². The van der Waals surface area contributed by atoms with E-state index in [0.717, 1.165) is 5.56 Å². The number of esters is 1. The van der Waals surface area contributed by atoms with Crippen LogP contribution in [0.1, 0.15) is 22.6 Å². The van der Waals surface area contributed by atoms with Gasteiger partial charge < -0.3 is 4.74 Å². The molecule has 0 saturated heterocycles. The van der Waals surface area contributed by atoms with Crippen LogP contribution in [0.4, 0.5) is 8.78 Å². The minimum Gasteiger partial charge on any atom is -0.464 e. The van der Waals surface area contributed by atoms with Crippen LogP contribution in [0.15, 0.2) is 36.5 Å². The predicted octanol–water partition coefficient (Wildman–Crippen LogP) is 3.13. The first kappa shape index (κ1) is 14.6. The molecule has 3 rings (SSSR count). The van der Waals surface area contributed by atoms with E-state index < -0.39 is 17.8 Å². The van der Waals surface area contributed by atoms with Crippen molar-refractivity contribution in [3.05, 3.63) is 47.9 Å². The summed E-state index contributed by atoms with van der Waals surface area (Å²) in [6, 6.07) is 9.09. The van der Waals surface area contributed by atoms with Crippen molar-refractivity contribution in [1.82, 2.24) is 9.97 Å². The lowest BCUT2D eigenvalue weighted by Gasteiger charge is -2.09. The van der Waals surface area contributed by atoms with Crippen molar-refractivity contribution in [2.45, 2.75) is 18.8 Å². The number of hydrogen-bond donors (Lipinski definition) is 0. The minimum absolute atomic E-state index is 0.0626. The number of ether oxygens (including phenoxy) is 1. The number of nitrogens with zero attached hydrogens (tertiary/aromatic N) is 2. The zero-order chi connectivity index (χ0) is 15.7. The maximum Gasteiger partial charge on any atom is 0.358 e. The SMILES string of the molecule is COC(=O)c1cnc(CC2CC2(F)F)c(-c2ccccc2)n1. The van der Waals surface area contributed by atoms with Crippen LogP contribution >= 0.6 is 0 Å². The van der Waals surface area contributed by atoms with Crippen LogP contribution in [-0.2, 0) is 11.2 Å². The second kappa shape index (κ2) is 5.44. The molecule has 1 unspecified atom stereocenters. The van der Waals surface area contributed by atoms with Gasteiger partial charge in [0.2, 0.25) is 0 Å². The maximum absolute atomic E-state index is 13.2. The molecule has 0 spiro atoms. The van der Waals surface area contributed by atoms with E-state index in [1.165, 1.54) is 13.3 Å². The summed E-state index contributed by atoms with van der Waals surface area (Å²) >= 11 is 0. The van der Waals surface area contributed by atoms with E-state index in [-0.39, 0.29) is 18.5 Å². The summed E-state index contributed by atoms with van der Waals surface area (Å²) in [6.45, 7) is 0. The van der Waals surface area contributed by atoms with Gasteiger partial charge in [-0.1, -0.05) is 30.3 Å². The van der Waals surface area contributed by atoms with Gasteiger partial charge in [-0.3, -0.25) is 4.98 Å². The normalized spacial score (nSPS) is 18.8. The Morgan fingerprint density at radius 1 is 1.36 bits per heavy atom. The summed E-state index contributed by atoms with van der Waals surface area (Å²) in [6.07, 6.45) is 1.29. The molecule has 22 heavy (non-hydrogen) atoms. The molecule has 0 N–H and O–H groups in total. The number of carbonyl (C=O) groups is 1. The number of hydrogen-bond acceptors (Lipinski definition) is 4. The Bertz CT molecular complexity index is 705. The zero-order valence-corrected chi connectivity index (χ0v) is 11.9. The fraction of sp³-hybridized carbons (Fsp3) is 0.312. The molecular weight excluding hydrogens is 290 g/mol. The molecule has 1 heterocycles. The van der Waals surface area contributed by atoms with Crippen molar-refractivity contribution < 1.29 is 18.3 Å². The van der Waals surface area contributed by atoms with Gasteiger partial charge in [-0.2, -0.15) is 0 Å². The van der Waals surface area contributed by atoms with Gasteiger partial charge in [-0.15, -0.1) is 0 Å². The molecule has 0 aliphatic heterocycles. The second-order valence-electron chi connectivity index (χ2n) is 5.27. The van der Waals surface area contributed by atoms with Gasteiger partial charge in [0.1, 0.15) is 0 Å². The van der Waals surface area contributed by atoms with E-state index >= 15 is 0 Å². The molecule has 0 amide bonds. The Morgan fingerprint density at radius 2 is 2.05 bits per heavy atom. The molecule has 0 radical (unpaired) electrons. The van der Waals surface area contributed by atoms with Crippen LogP contribution in [0.2, 0.25) is 0 Å². The molecule has 1 aliphatic carbocycles. The summed E-state index contributed by atoms with van der Waals surface area (Å²) < 4.78 is 30.9. The molecule has 1 aliphatic rings. The summed E-state index contributed by atoms with van der Waals surface area (Å²) in [4.78, 5) is 20.0. The number of methoxy groups -OCH3 is 1. The fourth-order valence-corrected chi connectivity index (χ4v) is 2.32. The summed E-state index contributed by atoms with van der Waals surface area (Å²) in [5, 5.41) is 0. The van der Waals surface area contributed by atoms with Crippen molar-refractivity contribution in [3.8, 4) is 11.3 Å². The molecule has 114 valence electrons. The third-order valence-corrected chi connectivity index (χ3v) is 3.69. The lowest BCUT2D eigenvalue weighted by molar-refractivity contribution is 0.0593. The monoisotopic (exact) mass is 304 g/mol. The molecule has 1 aromatic heterocycles. The second-order valence-corrected chi connectivity index (χ2v) is 5.27. The largest absolute Gasteiger partial charge is 0.464 e. The maximum atomic E-state index is 13.2. The lowest BCUT2D eigenvalue weighted by atomic mass is 10.1. The first-order valence-electron chi connectivity index (χ1n) is 6.89. The quantitative estimate of drug-likeness (QED) is 0.814. The Kier molecular flexibility index (Phi) is 3.60. The van der Waals surface area contributed by atoms with Crippen LogP contribution in [0, 0.1) is 5.92 Å². The molecular formula is C16H14F2N2O2. The third kappa shape index (κ3) is 2.81. The van der Waals surface area contributed by atoms with E-state index in [9.17, 15) is 13.6 Å². The smallest absolute Gasteiger partial charge is 0.358 e. The Morgan fingerprint density at radius 3 is 2.64 bits per heavy atom. The van der Waals surface area contributed by atoms with Crippen molar-refractivity contribution in [2.75, 3.05) is 7.11 Å². The Labute approximate surface area is 126 Å². The van der Waals surface area contributed by atoms with E-state index in [1.54, 1.807) is 12.1 Å². The summed E-state index contributed by atoms with van der Waals surface area (Å²) in [5.74, 6) is -3.92. The average molecular weight is 304 g/mol. The minimum atomic E-state index is -2.61. The predicted molar refractivity (Wildman–Crippen MR) is 75.6 cm³/mol. The molecule has 1 atom stereocenters. The molecule has 0 bridgehead atoms. The van der Waals surface area contributed by atoms with E-state index in [0.29, 0.717) is 11.4 Å². The molecule has 4 nitrogen and oxygen atoms in total. The number of carbonyl (C=O) groups excluding carboxylic acids is 1. The molecule has 1 saturated carbocycles. The Balaban J connectivity index is 2.00. The van der Waals surface area contributed by atoms with Crippen LogP contribution in [0.5, 0.6) is 0 Å². The van der Waals surface area contributed by atoms with Crippen molar-refractivity contribution >= 4 is 5.97 Å². The molecule has 1 aromatic carbocycles. The highest BCUT2D eigenvalue weighted by Crippen LogP contribution is 2.50. The number of alkyl halides is 2. The third-order valence-electron chi connectivity index (χ3n) is 3.69. The van der Waals surface area contributed by atoms with Gasteiger partial charge in [0.25, 0.3) is 5.92 Å². The van der Waals surface area contributed by atoms with E-state index in [1.807, 2.05) is 18.2 Å². The number of halogens is 2. The number of aromatic nitrogens is 2. The van der Waals surface area contributed by atoms with E-state index in [2.05, 4.69) is 14.7 Å². The van der Waals surface area contributed by atoms with Gasteiger partial charge in [-0.25, -0.2) is 18.6 Å². The molecule has 6 heteroatoms. The highest BCUT2D eigenvalue weighted by molar-refractivity contribution is 5.87. The lowest BCUT2D eigenvalue weighted by Crippen LogP contribution is -2.10. The van der Waals surface area contributed by atoms with Crippen LogP contribution in [-0.4, -0.2) is 29.0 Å². The molecule has 1 fully saturated rings. The first-order valence-corrected chi connectivity index (χ1v) is 6.89. The average Bonchev–Trinajstić information content (AvgIpc) is 3.14. The fourth-order valence-electron chi connectivity index (χ4n) is 2.32. The van der Waals surface area contributed by atoms with E-state index in [4.69, 9.17) is 0 Å². The van der Waals surface area contributed by atoms with Crippen LogP contribution in [0.25, 0.3) is 11.3 Å². The van der Waals surface area contributed by atoms with Crippen molar-refractivity contribution in [3.63, 3.8) is 0 Å². The van der Waals surface area contributed by atoms with Crippen LogP contribution in [0.3, 0.4) is 0 Å². The first-order chi connectivity index (χ1) is 10.5. The summed E-state index contributed by atoms with van der Waals surface area (Å²) in [7, 11) is 1.25. The Hall–Kier alpha value is -2.37. The molecule has 2 aromatic rings. The highest BCUT2D eigenvalue weighted by atomic mass is 19.3. The van der Waals surface area contributed by atoms with Gasteiger partial charge in [0.05, 0.1) is 24.7 Å². The van der Waals surface area contributed by atoms with Crippen LogP contribution < -0.4 is 0 Å².